The number of hydrogen-bond donors (Lipinski definition) is 1. The van der Waals surface area contributed by atoms with Crippen LogP contribution in [-0.4, -0.2) is 5.84 Å². The van der Waals surface area contributed by atoms with E-state index in [0.717, 1.165) is 12.3 Å². The van der Waals surface area contributed by atoms with Crippen LogP contribution in [0.1, 0.15) is 110 Å². The Kier molecular flexibility index (Phi) is 12.7. The molecule has 0 aromatic carbocycles. The summed E-state index contributed by atoms with van der Waals surface area (Å²) in [5.41, 5.74) is 2.81. The molecule has 0 aromatic rings. The van der Waals surface area contributed by atoms with Gasteiger partial charge in [-0.1, -0.05) is 96.8 Å². The molecule has 0 aliphatic carbocycles. The minimum absolute atomic E-state index is 0.487. The molecular formula is C20H38N2O. The molecule has 1 heterocycles. The summed E-state index contributed by atoms with van der Waals surface area (Å²) in [6.45, 7) is 5.94. The molecule has 0 unspecified atom stereocenters. The van der Waals surface area contributed by atoms with Gasteiger partial charge in [0.1, 0.15) is 5.84 Å². The maximum absolute atomic E-state index is 4.99. The first-order valence-electron chi connectivity index (χ1n) is 10.0. The lowest BCUT2D eigenvalue weighted by Gasteiger charge is -2.03. The van der Waals surface area contributed by atoms with Crippen LogP contribution in [-0.2, 0) is 4.84 Å². The van der Waals surface area contributed by atoms with Gasteiger partial charge in [0.25, 0.3) is 0 Å². The summed E-state index contributed by atoms with van der Waals surface area (Å²) < 4.78 is 0. The number of rotatable bonds is 16. The van der Waals surface area contributed by atoms with Crippen molar-refractivity contribution in [2.45, 2.75) is 110 Å². The minimum atomic E-state index is 0.487. The van der Waals surface area contributed by atoms with Crippen LogP contribution in [0, 0.1) is 0 Å². The molecule has 1 N–H and O–H groups in total. The topological polar surface area (TPSA) is 33.6 Å². The highest BCUT2D eigenvalue weighted by molar-refractivity contribution is 5.83. The van der Waals surface area contributed by atoms with Gasteiger partial charge >= 0.3 is 0 Å². The largest absolute Gasteiger partial charge is 0.361 e. The van der Waals surface area contributed by atoms with Crippen LogP contribution < -0.4 is 5.48 Å². The monoisotopic (exact) mass is 322 g/mol. The van der Waals surface area contributed by atoms with Gasteiger partial charge in [-0.25, -0.2) is 5.48 Å². The first kappa shape index (κ1) is 20.1. The van der Waals surface area contributed by atoms with Gasteiger partial charge in [0.2, 0.25) is 5.88 Å². The number of hydrogen-bond acceptors (Lipinski definition) is 3. The van der Waals surface area contributed by atoms with Crippen LogP contribution in [0.25, 0.3) is 0 Å². The van der Waals surface area contributed by atoms with E-state index in [1.807, 2.05) is 0 Å². The van der Waals surface area contributed by atoms with E-state index in [4.69, 9.17) is 4.84 Å². The summed E-state index contributed by atoms with van der Waals surface area (Å²) in [6.07, 6.45) is 22.0. The van der Waals surface area contributed by atoms with Crippen LogP contribution in [0.4, 0.5) is 0 Å². The van der Waals surface area contributed by atoms with Gasteiger partial charge < -0.3 is 4.84 Å². The van der Waals surface area contributed by atoms with Gasteiger partial charge in [-0.2, -0.15) is 4.99 Å². The molecule has 3 heteroatoms. The van der Waals surface area contributed by atoms with Crippen molar-refractivity contribution in [1.82, 2.24) is 5.48 Å². The molecule has 23 heavy (non-hydrogen) atoms. The molecule has 0 saturated heterocycles. The molecule has 3 nitrogen and oxygen atoms in total. The lowest BCUT2D eigenvalue weighted by molar-refractivity contribution is 0.177. The first-order valence-corrected chi connectivity index (χ1v) is 10.0. The summed E-state index contributed by atoms with van der Waals surface area (Å²) in [5, 5.41) is 0. The van der Waals surface area contributed by atoms with E-state index in [1.165, 1.54) is 96.3 Å². The predicted molar refractivity (Wildman–Crippen MR) is 100 cm³/mol. The molecule has 0 aromatic heterocycles. The average molecular weight is 323 g/mol. The Hall–Kier alpha value is -0.990. The fraction of sp³-hybridized carbons (Fsp3) is 0.850. The normalized spacial score (nSPS) is 13.8. The Labute approximate surface area is 143 Å². The molecule has 0 amide bonds. The highest BCUT2D eigenvalue weighted by atomic mass is 16.7. The van der Waals surface area contributed by atoms with Crippen LogP contribution in [0.15, 0.2) is 17.5 Å². The third-order valence-electron chi connectivity index (χ3n) is 4.56. The number of aliphatic imine (C=N–C) groups is 1. The Bertz CT molecular complexity index is 326. The second-order valence-electron chi connectivity index (χ2n) is 6.86. The van der Waals surface area contributed by atoms with Gasteiger partial charge in [0.05, 0.1) is 0 Å². The van der Waals surface area contributed by atoms with Crippen molar-refractivity contribution in [1.29, 1.82) is 0 Å². The van der Waals surface area contributed by atoms with Crippen LogP contribution in [0.5, 0.6) is 0 Å². The quantitative estimate of drug-likeness (QED) is 0.323. The van der Waals surface area contributed by atoms with Crippen molar-refractivity contribution in [2.75, 3.05) is 0 Å². The van der Waals surface area contributed by atoms with Crippen molar-refractivity contribution < 1.29 is 4.84 Å². The van der Waals surface area contributed by atoms with Gasteiger partial charge in [-0.05, 0) is 13.0 Å². The van der Waals surface area contributed by atoms with E-state index in [2.05, 4.69) is 24.0 Å². The zero-order valence-corrected chi connectivity index (χ0v) is 15.4. The smallest absolute Gasteiger partial charge is 0.240 e. The fourth-order valence-electron chi connectivity index (χ4n) is 3.08. The maximum atomic E-state index is 4.99. The molecule has 0 bridgehead atoms. The van der Waals surface area contributed by atoms with E-state index < -0.39 is 0 Å². The van der Waals surface area contributed by atoms with E-state index in [9.17, 15) is 0 Å². The Morgan fingerprint density at radius 1 is 0.739 bits per heavy atom. The molecule has 0 radical (unpaired) electrons. The molecule has 1 aliphatic heterocycles. The Morgan fingerprint density at radius 2 is 1.17 bits per heavy atom. The first-order chi connectivity index (χ1) is 11.3. The highest BCUT2D eigenvalue weighted by Crippen LogP contribution is 2.14. The summed E-state index contributed by atoms with van der Waals surface area (Å²) in [4.78, 5) is 9.17. The molecule has 1 aliphatic rings. The standard InChI is InChI=1S/C20H38N2O/c1-3-4-5-6-7-8-9-10-11-12-13-14-15-16-17-18-20-21-19(2)23-22-20/h2-18H2,1H3,(H,21,22). The Balaban J connectivity index is 1.70. The van der Waals surface area contributed by atoms with Crippen molar-refractivity contribution in [2.24, 2.45) is 4.99 Å². The molecule has 0 saturated carbocycles. The summed E-state index contributed by atoms with van der Waals surface area (Å²) in [5.74, 6) is 1.42. The fourth-order valence-corrected chi connectivity index (χ4v) is 3.08. The second kappa shape index (κ2) is 14.6. The lowest BCUT2D eigenvalue weighted by Crippen LogP contribution is -2.15. The molecule has 134 valence electrons. The number of unbranched alkanes of at least 4 members (excludes halogenated alkanes) is 14. The summed E-state index contributed by atoms with van der Waals surface area (Å²) in [7, 11) is 0. The molecule has 0 atom stereocenters. The predicted octanol–water partition coefficient (Wildman–Crippen LogP) is 6.65. The van der Waals surface area contributed by atoms with Crippen molar-refractivity contribution in [3.8, 4) is 0 Å². The number of hydroxylamine groups is 1. The van der Waals surface area contributed by atoms with Gasteiger partial charge in [0, 0.05) is 6.42 Å². The Morgan fingerprint density at radius 3 is 1.57 bits per heavy atom. The van der Waals surface area contributed by atoms with Crippen molar-refractivity contribution >= 4 is 5.84 Å². The minimum Gasteiger partial charge on any atom is -0.361 e. The SMILES string of the molecule is C=C1N=C(CCCCCCCCCCCCCCCCC)NO1. The average Bonchev–Trinajstić information content (AvgIpc) is 2.96. The second-order valence-corrected chi connectivity index (χ2v) is 6.86. The third kappa shape index (κ3) is 12.1. The van der Waals surface area contributed by atoms with Gasteiger partial charge in [-0.3, -0.25) is 0 Å². The zero-order valence-electron chi connectivity index (χ0n) is 15.4. The van der Waals surface area contributed by atoms with Crippen LogP contribution in [0.2, 0.25) is 0 Å². The lowest BCUT2D eigenvalue weighted by atomic mass is 10.0. The highest BCUT2D eigenvalue weighted by Gasteiger charge is 2.08. The third-order valence-corrected chi connectivity index (χ3v) is 4.56. The van der Waals surface area contributed by atoms with E-state index >= 15 is 0 Å². The van der Waals surface area contributed by atoms with Crippen molar-refractivity contribution in [3.63, 3.8) is 0 Å². The zero-order chi connectivity index (χ0) is 16.6. The molecular weight excluding hydrogens is 284 g/mol. The van der Waals surface area contributed by atoms with E-state index in [1.54, 1.807) is 0 Å². The number of nitrogens with zero attached hydrogens (tertiary/aromatic N) is 1. The number of nitrogens with one attached hydrogen (secondary N) is 1. The van der Waals surface area contributed by atoms with Crippen LogP contribution in [0.3, 0.4) is 0 Å². The van der Waals surface area contributed by atoms with Crippen molar-refractivity contribution in [3.05, 3.63) is 12.5 Å². The van der Waals surface area contributed by atoms with E-state index in [-0.39, 0.29) is 0 Å². The summed E-state index contributed by atoms with van der Waals surface area (Å²) in [6, 6.07) is 0. The molecule has 0 spiro atoms. The van der Waals surface area contributed by atoms with Crippen LogP contribution >= 0.6 is 0 Å². The molecule has 1 rings (SSSR count). The van der Waals surface area contributed by atoms with Gasteiger partial charge in [0.15, 0.2) is 0 Å². The van der Waals surface area contributed by atoms with E-state index in [0.29, 0.717) is 5.88 Å². The maximum Gasteiger partial charge on any atom is 0.240 e. The summed E-state index contributed by atoms with van der Waals surface area (Å²) >= 11 is 0. The molecule has 0 fully saturated rings. The van der Waals surface area contributed by atoms with Gasteiger partial charge in [-0.15, -0.1) is 0 Å². The number of amidine groups is 1.